The molecule has 0 bridgehead atoms. The number of aliphatic hydroxyl groups excluding tert-OH is 1. The Bertz CT molecular complexity index is 786. The Balaban J connectivity index is 2.47. The van der Waals surface area contributed by atoms with E-state index in [9.17, 15) is 16.8 Å². The van der Waals surface area contributed by atoms with Gasteiger partial charge in [-0.2, -0.15) is 4.31 Å². The molecular formula is C13H23N3O5S3. The zero-order chi connectivity index (χ0) is 18.1. The van der Waals surface area contributed by atoms with Gasteiger partial charge in [-0.3, -0.25) is 0 Å². The molecule has 1 aromatic heterocycles. The van der Waals surface area contributed by atoms with Crippen LogP contribution in [0.15, 0.2) is 14.5 Å². The molecule has 0 spiro atoms. The number of primary sulfonamides is 1. The van der Waals surface area contributed by atoms with Crippen molar-refractivity contribution in [2.24, 2.45) is 11.1 Å². The van der Waals surface area contributed by atoms with Crippen LogP contribution in [0.5, 0.6) is 0 Å². The van der Waals surface area contributed by atoms with Crippen LogP contribution in [0.4, 0.5) is 0 Å². The highest BCUT2D eigenvalue weighted by atomic mass is 32.3. The van der Waals surface area contributed by atoms with Crippen molar-refractivity contribution < 1.29 is 21.9 Å². The molecule has 2 heterocycles. The van der Waals surface area contributed by atoms with Crippen molar-refractivity contribution in [3.8, 4) is 0 Å². The minimum Gasteiger partial charge on any atom is -0.396 e. The molecule has 0 saturated carbocycles. The van der Waals surface area contributed by atoms with Crippen LogP contribution in [0.1, 0.15) is 31.9 Å². The Kier molecular flexibility index (Phi) is 6.06. The maximum atomic E-state index is 12.7. The summed E-state index contributed by atoms with van der Waals surface area (Å²) in [5.74, 6) is 0.356. The Morgan fingerprint density at radius 3 is 2.71 bits per heavy atom. The molecule has 24 heavy (non-hydrogen) atoms. The van der Waals surface area contributed by atoms with Crippen molar-refractivity contribution in [2.45, 2.75) is 34.7 Å². The predicted octanol–water partition coefficient (Wildman–Crippen LogP) is 0.0689. The molecule has 1 aromatic rings. The number of hydrogen-bond donors (Lipinski definition) is 3. The molecule has 1 aliphatic rings. The molecule has 11 heteroatoms. The topological polar surface area (TPSA) is 130 Å². The van der Waals surface area contributed by atoms with Gasteiger partial charge in [-0.25, -0.2) is 22.0 Å². The molecule has 0 unspecified atom stereocenters. The van der Waals surface area contributed by atoms with Crippen molar-refractivity contribution in [1.29, 1.82) is 0 Å². The smallest absolute Gasteiger partial charge is 0.252 e. The normalized spacial score (nSPS) is 21.1. The molecule has 138 valence electrons. The zero-order valence-electron chi connectivity index (χ0n) is 13.6. The summed E-state index contributed by atoms with van der Waals surface area (Å²) in [6.45, 7) is 4.98. The minimum atomic E-state index is -3.97. The average Bonchev–Trinajstić information content (AvgIpc) is 2.91. The number of rotatable bonds is 7. The lowest BCUT2D eigenvalue weighted by atomic mass is 10.1. The van der Waals surface area contributed by atoms with Crippen LogP contribution in [0, 0.1) is 5.92 Å². The number of nitrogens with one attached hydrogen (secondary N) is 1. The van der Waals surface area contributed by atoms with Crippen molar-refractivity contribution in [3.63, 3.8) is 0 Å². The van der Waals surface area contributed by atoms with E-state index in [-0.39, 0.29) is 34.2 Å². The standard InChI is InChI=1S/C13H23N3O5S3/c1-9(2)7-15-11-8-16(4-3-5-17)24(20,21)13-10(11)6-12(22-13)23(14,18)19/h6,9,11,15,17H,3-5,7-8H2,1-2H3,(H2,14,18,19)/t11-/m0/s1. The molecule has 0 amide bonds. The van der Waals surface area contributed by atoms with Crippen LogP contribution in [0.25, 0.3) is 0 Å². The highest BCUT2D eigenvalue weighted by Crippen LogP contribution is 2.39. The van der Waals surface area contributed by atoms with E-state index in [1.165, 1.54) is 10.4 Å². The third kappa shape index (κ3) is 4.15. The average molecular weight is 398 g/mol. The molecule has 4 N–H and O–H groups in total. The van der Waals surface area contributed by atoms with Crippen molar-refractivity contribution in [1.82, 2.24) is 9.62 Å². The first kappa shape index (κ1) is 19.8. The summed E-state index contributed by atoms with van der Waals surface area (Å²) in [5.41, 5.74) is 0.449. The summed E-state index contributed by atoms with van der Waals surface area (Å²) in [6, 6.07) is 1.05. The van der Waals surface area contributed by atoms with Gasteiger partial charge in [-0.15, -0.1) is 11.3 Å². The SMILES string of the molecule is CC(C)CN[C@H]1CN(CCCO)S(=O)(=O)c2sc(S(N)(=O)=O)cc21. The second-order valence-corrected chi connectivity index (χ2v) is 11.1. The van der Waals surface area contributed by atoms with Crippen LogP contribution in [0.2, 0.25) is 0 Å². The van der Waals surface area contributed by atoms with Crippen LogP contribution >= 0.6 is 11.3 Å². The van der Waals surface area contributed by atoms with Gasteiger partial charge in [0.25, 0.3) is 10.0 Å². The summed E-state index contributed by atoms with van der Waals surface area (Å²) in [5, 5.41) is 17.4. The molecule has 1 aliphatic heterocycles. The predicted molar refractivity (Wildman–Crippen MR) is 91.7 cm³/mol. The lowest BCUT2D eigenvalue weighted by Gasteiger charge is -2.32. The lowest BCUT2D eigenvalue weighted by molar-refractivity contribution is 0.259. The molecule has 2 rings (SSSR count). The van der Waals surface area contributed by atoms with E-state index in [4.69, 9.17) is 10.2 Å². The lowest BCUT2D eigenvalue weighted by Crippen LogP contribution is -2.44. The number of nitrogens with zero attached hydrogens (tertiary/aromatic N) is 1. The Morgan fingerprint density at radius 2 is 2.17 bits per heavy atom. The van der Waals surface area contributed by atoms with E-state index >= 15 is 0 Å². The summed E-state index contributed by atoms with van der Waals surface area (Å²) < 4.78 is 49.8. The fraction of sp³-hybridized carbons (Fsp3) is 0.692. The molecule has 0 radical (unpaired) electrons. The van der Waals surface area contributed by atoms with Gasteiger partial charge >= 0.3 is 0 Å². The Morgan fingerprint density at radius 1 is 1.50 bits per heavy atom. The first-order valence-electron chi connectivity index (χ1n) is 7.58. The van der Waals surface area contributed by atoms with Gasteiger partial charge in [0.15, 0.2) is 0 Å². The second-order valence-electron chi connectivity index (χ2n) is 6.15. The van der Waals surface area contributed by atoms with E-state index < -0.39 is 20.0 Å². The summed E-state index contributed by atoms with van der Waals surface area (Å²) in [4.78, 5) is 0. The van der Waals surface area contributed by atoms with E-state index in [0.717, 1.165) is 0 Å². The maximum absolute atomic E-state index is 12.7. The first-order chi connectivity index (χ1) is 11.1. The van der Waals surface area contributed by atoms with Crippen LogP contribution in [-0.2, 0) is 20.0 Å². The highest BCUT2D eigenvalue weighted by molar-refractivity contribution is 7.94. The summed E-state index contributed by atoms with van der Waals surface area (Å²) in [6.07, 6.45) is 0.318. The number of nitrogens with two attached hydrogens (primary N) is 1. The Hall–Kier alpha value is -0.560. The van der Waals surface area contributed by atoms with Gasteiger partial charge < -0.3 is 10.4 Å². The molecule has 8 nitrogen and oxygen atoms in total. The van der Waals surface area contributed by atoms with Gasteiger partial charge in [0.05, 0.1) is 0 Å². The molecular weight excluding hydrogens is 374 g/mol. The number of thiophene rings is 1. The number of hydrogen-bond acceptors (Lipinski definition) is 7. The quantitative estimate of drug-likeness (QED) is 0.597. The van der Waals surface area contributed by atoms with E-state index in [1.54, 1.807) is 0 Å². The molecule has 0 fully saturated rings. The third-order valence-corrected chi connectivity index (χ3v) is 8.62. The van der Waals surface area contributed by atoms with E-state index in [2.05, 4.69) is 5.32 Å². The van der Waals surface area contributed by atoms with Crippen molar-refractivity contribution in [2.75, 3.05) is 26.2 Å². The molecule has 1 atom stereocenters. The van der Waals surface area contributed by atoms with Gasteiger partial charge in [0.1, 0.15) is 8.42 Å². The largest absolute Gasteiger partial charge is 0.396 e. The minimum absolute atomic E-state index is 0.0111. The molecule has 0 aromatic carbocycles. The van der Waals surface area contributed by atoms with Crippen LogP contribution in [0.3, 0.4) is 0 Å². The first-order valence-corrected chi connectivity index (χ1v) is 11.4. The zero-order valence-corrected chi connectivity index (χ0v) is 16.0. The molecule has 0 saturated heterocycles. The van der Waals surface area contributed by atoms with Crippen LogP contribution < -0.4 is 10.5 Å². The number of aliphatic hydroxyl groups is 1. The Labute approximate surface area is 146 Å². The van der Waals surface area contributed by atoms with Crippen molar-refractivity contribution in [3.05, 3.63) is 11.6 Å². The van der Waals surface area contributed by atoms with Gasteiger partial charge in [0.2, 0.25) is 10.0 Å². The van der Waals surface area contributed by atoms with Crippen LogP contribution in [-0.4, -0.2) is 52.5 Å². The number of fused-ring (bicyclic) bond motifs is 1. The fourth-order valence-corrected chi connectivity index (χ4v) is 6.79. The monoisotopic (exact) mass is 397 g/mol. The summed E-state index contributed by atoms with van der Waals surface area (Å²) >= 11 is 0.679. The number of sulfonamides is 2. The second kappa shape index (κ2) is 7.36. The molecule has 0 aliphatic carbocycles. The summed E-state index contributed by atoms with van der Waals surface area (Å²) in [7, 11) is -7.75. The third-order valence-electron chi connectivity index (χ3n) is 3.66. The van der Waals surface area contributed by atoms with E-state index in [1.807, 2.05) is 13.8 Å². The fourth-order valence-electron chi connectivity index (χ4n) is 2.48. The maximum Gasteiger partial charge on any atom is 0.252 e. The van der Waals surface area contributed by atoms with Gasteiger partial charge in [-0.1, -0.05) is 13.8 Å². The highest BCUT2D eigenvalue weighted by Gasteiger charge is 2.39. The van der Waals surface area contributed by atoms with Gasteiger partial charge in [0, 0.05) is 31.3 Å². The van der Waals surface area contributed by atoms with E-state index in [0.29, 0.717) is 35.8 Å². The van der Waals surface area contributed by atoms with Gasteiger partial charge in [-0.05, 0) is 24.9 Å². The van der Waals surface area contributed by atoms with Crippen molar-refractivity contribution >= 4 is 31.4 Å².